The van der Waals surface area contributed by atoms with Gasteiger partial charge in [0.25, 0.3) is 0 Å². The summed E-state index contributed by atoms with van der Waals surface area (Å²) >= 11 is 0. The molecular weight excluding hydrogens is 606 g/mol. The topological polar surface area (TPSA) is 106 Å². The van der Waals surface area contributed by atoms with Gasteiger partial charge in [0.15, 0.2) is 0 Å². The van der Waals surface area contributed by atoms with Crippen LogP contribution in [-0.4, -0.2) is 55.8 Å². The standard InChI is InChI=1S/C25H32N2O4.C11H13NO2.ClH/c1-17(26-24(29)31-25(2,3)4)19-11-9-18(10-12-19)15-27-14-13-21-20(16-27)7-6-8-22(21)23(28)30-5;1-14-11(13)10-4-2-3-8-7-12-6-5-9(8)10;/h6-12,17H,13-16H2,1-5H3,(H,26,29);2-4,12H,5-7H2,1H3;1H/t17-;;/m0../s1. The maximum absolute atomic E-state index is 12.0. The van der Waals surface area contributed by atoms with Gasteiger partial charge in [0.05, 0.1) is 31.4 Å². The number of esters is 2. The maximum Gasteiger partial charge on any atom is 0.408 e. The van der Waals surface area contributed by atoms with Crippen molar-refractivity contribution < 1.29 is 28.6 Å². The number of hydrogen-bond acceptors (Lipinski definition) is 8. The van der Waals surface area contributed by atoms with Crippen LogP contribution < -0.4 is 10.6 Å². The van der Waals surface area contributed by atoms with E-state index in [1.54, 1.807) is 0 Å². The molecule has 1 amide bonds. The van der Waals surface area contributed by atoms with Gasteiger partial charge in [-0.05, 0) is 92.6 Å². The van der Waals surface area contributed by atoms with Crippen molar-refractivity contribution >= 4 is 30.4 Å². The Bertz CT molecular complexity index is 1500. The number of amides is 1. The van der Waals surface area contributed by atoms with E-state index in [0.717, 1.165) is 62.3 Å². The molecule has 0 fully saturated rings. The summed E-state index contributed by atoms with van der Waals surface area (Å²) in [5.41, 5.74) is 7.74. The van der Waals surface area contributed by atoms with Crippen LogP contribution in [-0.2, 0) is 46.7 Å². The molecule has 2 aliphatic heterocycles. The number of nitrogens with one attached hydrogen (secondary N) is 2. The summed E-state index contributed by atoms with van der Waals surface area (Å²) in [6, 6.07) is 19.8. The van der Waals surface area contributed by atoms with E-state index in [9.17, 15) is 14.4 Å². The molecule has 2 N–H and O–H groups in total. The fourth-order valence-electron chi connectivity index (χ4n) is 5.67. The van der Waals surface area contributed by atoms with Crippen molar-refractivity contribution in [2.75, 3.05) is 27.3 Å². The van der Waals surface area contributed by atoms with Gasteiger partial charge >= 0.3 is 18.0 Å². The average molecular weight is 652 g/mol. The van der Waals surface area contributed by atoms with E-state index >= 15 is 0 Å². The Kier molecular flexibility index (Phi) is 13.2. The SMILES string of the molecule is COC(=O)c1cccc2c1CCN(Cc1ccc([C@H](C)NC(=O)OC(C)(C)C)cc1)C2.COC(=O)c1cccc2c1CCNC2.Cl. The lowest BCUT2D eigenvalue weighted by atomic mass is 9.94. The summed E-state index contributed by atoms with van der Waals surface area (Å²) in [5.74, 6) is -0.501. The Hall–Kier alpha value is -3.92. The van der Waals surface area contributed by atoms with Gasteiger partial charge in [-0.15, -0.1) is 12.4 Å². The summed E-state index contributed by atoms with van der Waals surface area (Å²) < 4.78 is 15.0. The molecule has 0 radical (unpaired) electrons. The highest BCUT2D eigenvalue weighted by atomic mass is 35.5. The molecule has 10 heteroatoms. The molecule has 2 aliphatic rings. The summed E-state index contributed by atoms with van der Waals surface area (Å²) in [7, 11) is 2.84. The number of fused-ring (bicyclic) bond motifs is 2. The smallest absolute Gasteiger partial charge is 0.408 e. The zero-order valence-electron chi connectivity index (χ0n) is 27.6. The van der Waals surface area contributed by atoms with Gasteiger partial charge in [-0.3, -0.25) is 4.90 Å². The lowest BCUT2D eigenvalue weighted by molar-refractivity contribution is 0.0506. The number of benzene rings is 3. The highest BCUT2D eigenvalue weighted by molar-refractivity contribution is 5.92. The van der Waals surface area contributed by atoms with Crippen LogP contribution in [0.2, 0.25) is 0 Å². The van der Waals surface area contributed by atoms with Gasteiger partial charge in [0.2, 0.25) is 0 Å². The number of hydrogen-bond donors (Lipinski definition) is 2. The average Bonchev–Trinajstić information content (AvgIpc) is 3.03. The molecule has 9 nitrogen and oxygen atoms in total. The quantitative estimate of drug-likeness (QED) is 0.241. The number of rotatable bonds is 6. The van der Waals surface area contributed by atoms with Gasteiger partial charge in [-0.2, -0.15) is 0 Å². The maximum atomic E-state index is 12.0. The molecule has 1 atom stereocenters. The van der Waals surface area contributed by atoms with Crippen LogP contribution in [0.15, 0.2) is 60.7 Å². The number of methoxy groups -OCH3 is 2. The van der Waals surface area contributed by atoms with Crippen molar-refractivity contribution in [1.29, 1.82) is 0 Å². The lowest BCUT2D eigenvalue weighted by Crippen LogP contribution is -2.34. The first kappa shape index (κ1) is 36.5. The van der Waals surface area contributed by atoms with Crippen molar-refractivity contribution in [3.8, 4) is 0 Å². The summed E-state index contributed by atoms with van der Waals surface area (Å²) in [4.78, 5) is 37.8. The molecule has 0 aliphatic carbocycles. The molecule has 0 unspecified atom stereocenters. The fourth-order valence-corrected chi connectivity index (χ4v) is 5.67. The van der Waals surface area contributed by atoms with Crippen LogP contribution in [0, 0.1) is 0 Å². The molecule has 0 saturated heterocycles. The predicted molar refractivity (Wildman–Crippen MR) is 180 cm³/mol. The second-order valence-electron chi connectivity index (χ2n) is 12.4. The molecule has 248 valence electrons. The van der Waals surface area contributed by atoms with Gasteiger partial charge in [-0.1, -0.05) is 48.5 Å². The number of halogens is 1. The van der Waals surface area contributed by atoms with E-state index in [1.165, 1.54) is 30.9 Å². The van der Waals surface area contributed by atoms with Crippen LogP contribution >= 0.6 is 12.4 Å². The number of nitrogens with zero attached hydrogens (tertiary/aromatic N) is 1. The van der Waals surface area contributed by atoms with Gasteiger partial charge in [0, 0.05) is 26.2 Å². The number of ether oxygens (including phenoxy) is 3. The molecule has 2 heterocycles. The minimum absolute atomic E-state index is 0. The Morgan fingerprint density at radius 1 is 0.870 bits per heavy atom. The van der Waals surface area contributed by atoms with E-state index < -0.39 is 11.7 Å². The molecule has 0 bridgehead atoms. The first-order valence-electron chi connectivity index (χ1n) is 15.4. The number of carbonyl (C=O) groups excluding carboxylic acids is 3. The predicted octanol–water partition coefficient (Wildman–Crippen LogP) is 6.16. The zero-order chi connectivity index (χ0) is 32.6. The fraction of sp³-hybridized carbons (Fsp3) is 0.417. The summed E-state index contributed by atoms with van der Waals surface area (Å²) in [6.45, 7) is 11.8. The lowest BCUT2D eigenvalue weighted by Gasteiger charge is -2.30. The third kappa shape index (κ3) is 9.79. The third-order valence-corrected chi connectivity index (χ3v) is 7.92. The normalized spacial score (nSPS) is 14.6. The third-order valence-electron chi connectivity index (χ3n) is 7.92. The largest absolute Gasteiger partial charge is 0.465 e. The van der Waals surface area contributed by atoms with E-state index in [2.05, 4.69) is 33.7 Å². The monoisotopic (exact) mass is 651 g/mol. The molecule has 0 aromatic heterocycles. The van der Waals surface area contributed by atoms with Gasteiger partial charge in [0.1, 0.15) is 5.60 Å². The van der Waals surface area contributed by atoms with Crippen molar-refractivity contribution in [1.82, 2.24) is 15.5 Å². The Morgan fingerprint density at radius 3 is 2.04 bits per heavy atom. The van der Waals surface area contributed by atoms with Crippen LogP contribution in [0.1, 0.15) is 87.8 Å². The van der Waals surface area contributed by atoms with Crippen LogP contribution in [0.5, 0.6) is 0 Å². The van der Waals surface area contributed by atoms with Crippen LogP contribution in [0.3, 0.4) is 0 Å². The molecule has 3 aromatic carbocycles. The van der Waals surface area contributed by atoms with E-state index in [0.29, 0.717) is 11.1 Å². The highest BCUT2D eigenvalue weighted by Gasteiger charge is 2.23. The van der Waals surface area contributed by atoms with Crippen LogP contribution in [0.25, 0.3) is 0 Å². The Labute approximate surface area is 278 Å². The minimum Gasteiger partial charge on any atom is -0.465 e. The Morgan fingerprint density at radius 2 is 1.46 bits per heavy atom. The molecule has 3 aromatic rings. The first-order chi connectivity index (χ1) is 21.5. The van der Waals surface area contributed by atoms with E-state index in [-0.39, 0.29) is 30.4 Å². The summed E-state index contributed by atoms with van der Waals surface area (Å²) in [6.07, 6.45) is 1.32. The van der Waals surface area contributed by atoms with E-state index in [1.807, 2.05) is 70.2 Å². The molecule has 46 heavy (non-hydrogen) atoms. The highest BCUT2D eigenvalue weighted by Crippen LogP contribution is 2.25. The molecule has 0 saturated carbocycles. The summed E-state index contributed by atoms with van der Waals surface area (Å²) in [5, 5.41) is 6.15. The van der Waals surface area contributed by atoms with E-state index in [4.69, 9.17) is 14.2 Å². The van der Waals surface area contributed by atoms with Gasteiger partial charge in [-0.25, -0.2) is 14.4 Å². The molecule has 5 rings (SSSR count). The van der Waals surface area contributed by atoms with Crippen molar-refractivity contribution in [3.63, 3.8) is 0 Å². The van der Waals surface area contributed by atoms with Gasteiger partial charge < -0.3 is 24.8 Å². The number of carbonyl (C=O) groups is 3. The zero-order valence-corrected chi connectivity index (χ0v) is 28.4. The van der Waals surface area contributed by atoms with Crippen molar-refractivity contribution in [3.05, 3.63) is 105 Å². The minimum atomic E-state index is -0.516. The van der Waals surface area contributed by atoms with Crippen molar-refractivity contribution in [2.45, 2.75) is 71.8 Å². The second-order valence-corrected chi connectivity index (χ2v) is 12.4. The molecular formula is C36H46ClN3O6. The van der Waals surface area contributed by atoms with Crippen molar-refractivity contribution in [2.24, 2.45) is 0 Å². The first-order valence-corrected chi connectivity index (χ1v) is 15.4. The Balaban J connectivity index is 0.000000320. The second kappa shape index (κ2) is 16.6. The molecule has 0 spiro atoms. The number of alkyl carbamates (subject to hydrolysis) is 1. The van der Waals surface area contributed by atoms with Crippen LogP contribution in [0.4, 0.5) is 4.79 Å².